The number of thioether (sulfide) groups is 1. The highest BCUT2D eigenvalue weighted by atomic mass is 32.2. The summed E-state index contributed by atoms with van der Waals surface area (Å²) in [5, 5.41) is 12.9. The fraction of sp³-hybridized carbons (Fsp3) is 0.316. The number of benzene rings is 4. The van der Waals surface area contributed by atoms with E-state index in [1.54, 1.807) is 11.8 Å². The topological polar surface area (TPSA) is 38.7 Å². The lowest BCUT2D eigenvalue weighted by molar-refractivity contribution is -0.168. The maximum absolute atomic E-state index is 12.7. The van der Waals surface area contributed by atoms with E-state index < -0.39 is 11.0 Å². The van der Waals surface area contributed by atoms with Crippen LogP contribution < -0.4 is 0 Å². The van der Waals surface area contributed by atoms with Crippen LogP contribution in [0.1, 0.15) is 60.6 Å². The quantitative estimate of drug-likeness (QED) is 0.180. The Morgan fingerprint density at radius 2 is 1.33 bits per heavy atom. The van der Waals surface area contributed by atoms with Crippen LogP contribution in [0.5, 0.6) is 0 Å². The van der Waals surface area contributed by atoms with E-state index in [0.717, 1.165) is 40.7 Å². The first-order valence-corrected chi connectivity index (χ1v) is 16.0. The molecule has 0 amide bonds. The summed E-state index contributed by atoms with van der Waals surface area (Å²) in [7, 11) is 0. The van der Waals surface area contributed by atoms with Gasteiger partial charge in [-0.05, 0) is 58.2 Å². The molecule has 4 aromatic rings. The summed E-state index contributed by atoms with van der Waals surface area (Å²) < 4.78 is 13.4. The predicted molar refractivity (Wildman–Crippen MR) is 176 cm³/mol. The second-order valence-electron chi connectivity index (χ2n) is 11.2. The molecule has 42 heavy (non-hydrogen) atoms. The van der Waals surface area contributed by atoms with Crippen LogP contribution in [0.4, 0.5) is 0 Å². The van der Waals surface area contributed by atoms with Gasteiger partial charge in [-0.15, -0.1) is 11.8 Å². The average molecular weight is 579 g/mol. The molecule has 1 heterocycles. The summed E-state index contributed by atoms with van der Waals surface area (Å²) in [4.78, 5) is -1.28. The van der Waals surface area contributed by atoms with Crippen LogP contribution in [-0.4, -0.2) is 22.6 Å². The average Bonchev–Trinajstić information content (AvgIpc) is 3.04. The fourth-order valence-electron chi connectivity index (χ4n) is 5.70. The smallest absolute Gasteiger partial charge is 0.165 e. The first kappa shape index (κ1) is 30.3. The molecule has 3 nitrogen and oxygen atoms in total. The van der Waals surface area contributed by atoms with Crippen LogP contribution in [0.25, 0.3) is 12.2 Å². The van der Waals surface area contributed by atoms with Crippen LogP contribution in [0.2, 0.25) is 0 Å². The molecule has 1 N–H and O–H groups in total. The SMILES string of the molecule is CCc1ccc(C=Cc2cccc(C3(O)S[C@H](CC)[C@@H](C)[C@H](OCc4ccccc4)[C@H]3OCc3ccccc3)c2)cc1. The lowest BCUT2D eigenvalue weighted by Crippen LogP contribution is -2.56. The van der Waals surface area contributed by atoms with Crippen molar-refractivity contribution in [1.82, 2.24) is 0 Å². The van der Waals surface area contributed by atoms with Crippen molar-refractivity contribution in [2.24, 2.45) is 5.92 Å². The summed E-state index contributed by atoms with van der Waals surface area (Å²) >= 11 is 1.62. The highest BCUT2D eigenvalue weighted by Crippen LogP contribution is 2.52. The highest BCUT2D eigenvalue weighted by molar-refractivity contribution is 8.00. The minimum atomic E-state index is -1.28. The van der Waals surface area contributed by atoms with Gasteiger partial charge in [-0.1, -0.05) is 136 Å². The summed E-state index contributed by atoms with van der Waals surface area (Å²) in [6.45, 7) is 7.46. The molecule has 0 aromatic heterocycles. The maximum atomic E-state index is 12.7. The lowest BCUT2D eigenvalue weighted by Gasteiger charge is -2.50. The Morgan fingerprint density at radius 3 is 1.95 bits per heavy atom. The van der Waals surface area contributed by atoms with Crippen molar-refractivity contribution in [2.45, 2.75) is 69.2 Å². The molecule has 1 saturated heterocycles. The molecule has 0 aliphatic carbocycles. The molecule has 4 aromatic carbocycles. The normalized spacial score (nSPS) is 24.2. The van der Waals surface area contributed by atoms with Crippen molar-refractivity contribution in [3.05, 3.63) is 143 Å². The number of hydrogen-bond acceptors (Lipinski definition) is 4. The van der Waals surface area contributed by atoms with E-state index in [-0.39, 0.29) is 17.3 Å². The van der Waals surface area contributed by atoms with E-state index in [0.29, 0.717) is 13.2 Å². The van der Waals surface area contributed by atoms with Crippen LogP contribution >= 0.6 is 11.8 Å². The number of ether oxygens (including phenoxy) is 2. The van der Waals surface area contributed by atoms with E-state index in [4.69, 9.17) is 9.47 Å². The lowest BCUT2D eigenvalue weighted by atomic mass is 9.87. The molecule has 0 saturated carbocycles. The van der Waals surface area contributed by atoms with Crippen molar-refractivity contribution < 1.29 is 14.6 Å². The van der Waals surface area contributed by atoms with Gasteiger partial charge in [-0.2, -0.15) is 0 Å². The van der Waals surface area contributed by atoms with Gasteiger partial charge in [0.05, 0.1) is 19.3 Å². The Hall–Kier alpha value is -3.15. The van der Waals surface area contributed by atoms with Crippen LogP contribution in [0, 0.1) is 5.92 Å². The van der Waals surface area contributed by atoms with E-state index >= 15 is 0 Å². The molecule has 4 heteroatoms. The molecule has 0 radical (unpaired) electrons. The van der Waals surface area contributed by atoms with Crippen LogP contribution in [-0.2, 0) is 34.0 Å². The second-order valence-corrected chi connectivity index (χ2v) is 12.6. The Kier molecular flexibility index (Phi) is 10.4. The highest BCUT2D eigenvalue weighted by Gasteiger charge is 2.54. The Labute approximate surface area is 255 Å². The Morgan fingerprint density at radius 1 is 0.714 bits per heavy atom. The van der Waals surface area contributed by atoms with Crippen LogP contribution in [0.3, 0.4) is 0 Å². The standard InChI is InChI=1S/C38H42O3S/c1-4-29-19-21-30(22-20-29)23-24-31-17-12-18-34(25-31)38(39)37(41-27-33-15-10-7-11-16-33)36(28(3)35(5-2)42-38)40-26-32-13-8-6-9-14-32/h6-25,28,35-37,39H,4-5,26-27H2,1-3H3/t28-,35-,36+,37-,38?/m1/s1. The Balaban J connectivity index is 1.47. The van der Waals surface area contributed by atoms with E-state index in [9.17, 15) is 5.11 Å². The van der Waals surface area contributed by atoms with Gasteiger partial charge < -0.3 is 14.6 Å². The second kappa shape index (κ2) is 14.3. The molecule has 5 atom stereocenters. The summed E-state index contributed by atoms with van der Waals surface area (Å²) in [6, 6.07) is 37.3. The third-order valence-electron chi connectivity index (χ3n) is 8.24. The van der Waals surface area contributed by atoms with Crippen molar-refractivity contribution in [3.63, 3.8) is 0 Å². The molecule has 0 spiro atoms. The minimum Gasteiger partial charge on any atom is -0.372 e. The predicted octanol–water partition coefficient (Wildman–Crippen LogP) is 8.90. The molecule has 5 rings (SSSR count). The summed E-state index contributed by atoms with van der Waals surface area (Å²) in [5.41, 5.74) is 6.55. The molecule has 1 aliphatic heterocycles. The monoisotopic (exact) mass is 578 g/mol. The summed E-state index contributed by atoms with van der Waals surface area (Å²) in [5.74, 6) is 0.193. The van der Waals surface area contributed by atoms with Crippen LogP contribution in [0.15, 0.2) is 109 Å². The molecule has 0 bridgehead atoms. The largest absolute Gasteiger partial charge is 0.372 e. The molecule has 1 unspecified atom stereocenters. The number of hydrogen-bond donors (Lipinski definition) is 1. The number of rotatable bonds is 11. The van der Waals surface area contributed by atoms with Gasteiger partial charge >= 0.3 is 0 Å². The summed E-state index contributed by atoms with van der Waals surface area (Å²) in [6.07, 6.45) is 5.35. The van der Waals surface area contributed by atoms with Crippen molar-refractivity contribution in [3.8, 4) is 0 Å². The first-order valence-electron chi connectivity index (χ1n) is 15.1. The van der Waals surface area contributed by atoms with E-state index in [1.807, 2.05) is 48.5 Å². The molecule has 1 fully saturated rings. The Bertz CT molecular complexity index is 1420. The van der Waals surface area contributed by atoms with E-state index in [1.165, 1.54) is 5.56 Å². The molecule has 218 valence electrons. The first-order chi connectivity index (χ1) is 20.5. The van der Waals surface area contributed by atoms with Crippen molar-refractivity contribution in [2.75, 3.05) is 0 Å². The van der Waals surface area contributed by atoms with Gasteiger partial charge in [0.2, 0.25) is 0 Å². The zero-order valence-corrected chi connectivity index (χ0v) is 25.7. The fourth-order valence-corrected chi connectivity index (χ4v) is 7.30. The van der Waals surface area contributed by atoms with Gasteiger partial charge in [0, 0.05) is 5.25 Å². The molecular formula is C38H42O3S. The van der Waals surface area contributed by atoms with Gasteiger partial charge in [0.15, 0.2) is 4.93 Å². The third-order valence-corrected chi connectivity index (χ3v) is 10.1. The zero-order chi connectivity index (χ0) is 29.4. The van der Waals surface area contributed by atoms with Crippen molar-refractivity contribution >= 4 is 23.9 Å². The number of aliphatic hydroxyl groups is 1. The molecule has 1 aliphatic rings. The zero-order valence-electron chi connectivity index (χ0n) is 24.9. The van der Waals surface area contributed by atoms with Gasteiger partial charge in [0.25, 0.3) is 0 Å². The third kappa shape index (κ3) is 7.25. The molecular weight excluding hydrogens is 536 g/mol. The van der Waals surface area contributed by atoms with Gasteiger partial charge in [0.1, 0.15) is 6.10 Å². The van der Waals surface area contributed by atoms with Gasteiger partial charge in [-0.3, -0.25) is 0 Å². The van der Waals surface area contributed by atoms with Crippen molar-refractivity contribution in [1.29, 1.82) is 0 Å². The van der Waals surface area contributed by atoms with E-state index in [2.05, 4.69) is 93.6 Å². The number of aryl methyl sites for hydroxylation is 1. The minimum absolute atomic E-state index is 0.193. The maximum Gasteiger partial charge on any atom is 0.165 e. The van der Waals surface area contributed by atoms with Gasteiger partial charge in [-0.25, -0.2) is 0 Å².